The van der Waals surface area contributed by atoms with Gasteiger partial charge in [0, 0.05) is 16.7 Å². The molecule has 0 amide bonds. The van der Waals surface area contributed by atoms with Gasteiger partial charge in [-0.3, -0.25) is 4.79 Å². The van der Waals surface area contributed by atoms with Crippen LogP contribution in [0.5, 0.6) is 0 Å². The van der Waals surface area contributed by atoms with Crippen LogP contribution >= 0.6 is 23.1 Å². The fraction of sp³-hybridized carbons (Fsp3) is 0.200. The molecule has 2 rings (SSSR count). The monoisotopic (exact) mass is 253 g/mol. The minimum absolute atomic E-state index is 0.203. The molecular formula is C10H11N3OS2. The average Bonchev–Trinajstić information content (AvgIpc) is 2.69. The zero-order chi connectivity index (χ0) is 11.4. The van der Waals surface area contributed by atoms with E-state index in [1.54, 1.807) is 11.3 Å². The molecule has 0 aliphatic carbocycles. The van der Waals surface area contributed by atoms with Crippen LogP contribution in [0.4, 0.5) is 5.82 Å². The van der Waals surface area contributed by atoms with E-state index in [4.69, 9.17) is 5.73 Å². The molecule has 2 aromatic rings. The van der Waals surface area contributed by atoms with Gasteiger partial charge in [0.25, 0.3) is 5.56 Å². The lowest BCUT2D eigenvalue weighted by Gasteiger charge is -2.00. The van der Waals surface area contributed by atoms with Crippen LogP contribution in [0, 0.1) is 0 Å². The number of thiophene rings is 1. The molecule has 0 radical (unpaired) electrons. The van der Waals surface area contributed by atoms with E-state index in [9.17, 15) is 4.79 Å². The molecule has 3 N–H and O–H groups in total. The number of H-pyrrole nitrogens is 1. The summed E-state index contributed by atoms with van der Waals surface area (Å²) < 4.78 is 0. The molecule has 2 heterocycles. The second-order valence-electron chi connectivity index (χ2n) is 3.15. The Morgan fingerprint density at radius 3 is 3.12 bits per heavy atom. The molecule has 0 spiro atoms. The summed E-state index contributed by atoms with van der Waals surface area (Å²) in [5.41, 5.74) is 5.28. The van der Waals surface area contributed by atoms with Gasteiger partial charge in [0.15, 0.2) is 5.16 Å². The number of nitrogen functional groups attached to an aromatic ring is 1. The lowest BCUT2D eigenvalue weighted by molar-refractivity contribution is 0.943. The van der Waals surface area contributed by atoms with Crippen LogP contribution in [0.25, 0.3) is 0 Å². The van der Waals surface area contributed by atoms with Crippen molar-refractivity contribution in [3.05, 3.63) is 38.8 Å². The molecule has 0 atom stereocenters. The highest BCUT2D eigenvalue weighted by atomic mass is 32.2. The number of hydrogen-bond acceptors (Lipinski definition) is 5. The minimum Gasteiger partial charge on any atom is -0.383 e. The highest BCUT2D eigenvalue weighted by Gasteiger charge is 2.00. The van der Waals surface area contributed by atoms with E-state index < -0.39 is 0 Å². The first-order chi connectivity index (χ1) is 7.74. The van der Waals surface area contributed by atoms with Crippen molar-refractivity contribution in [1.82, 2.24) is 9.97 Å². The summed E-state index contributed by atoms with van der Waals surface area (Å²) in [4.78, 5) is 19.1. The first kappa shape index (κ1) is 11.2. The zero-order valence-corrected chi connectivity index (χ0v) is 10.1. The number of rotatable bonds is 4. The van der Waals surface area contributed by atoms with E-state index in [0.717, 1.165) is 12.2 Å². The quantitative estimate of drug-likeness (QED) is 0.643. The van der Waals surface area contributed by atoms with Crippen LogP contribution in [0.1, 0.15) is 4.88 Å². The maximum atomic E-state index is 11.1. The number of aromatic nitrogens is 2. The third-order valence-corrected chi connectivity index (χ3v) is 3.72. The molecule has 84 valence electrons. The summed E-state index contributed by atoms with van der Waals surface area (Å²) >= 11 is 3.24. The van der Waals surface area contributed by atoms with E-state index in [1.165, 1.54) is 22.7 Å². The number of hydrogen-bond donors (Lipinski definition) is 2. The van der Waals surface area contributed by atoms with Crippen LogP contribution in [0.2, 0.25) is 0 Å². The van der Waals surface area contributed by atoms with E-state index in [0.29, 0.717) is 5.16 Å². The average molecular weight is 253 g/mol. The van der Waals surface area contributed by atoms with Gasteiger partial charge in [-0.2, -0.15) is 0 Å². The molecular weight excluding hydrogens is 242 g/mol. The molecule has 0 aliphatic heterocycles. The number of aromatic amines is 1. The van der Waals surface area contributed by atoms with E-state index >= 15 is 0 Å². The summed E-state index contributed by atoms with van der Waals surface area (Å²) in [5.74, 6) is 1.15. The van der Waals surface area contributed by atoms with Gasteiger partial charge in [-0.05, 0) is 17.9 Å². The Hall–Kier alpha value is -1.27. The van der Waals surface area contributed by atoms with Gasteiger partial charge >= 0.3 is 0 Å². The van der Waals surface area contributed by atoms with Gasteiger partial charge in [-0.25, -0.2) is 4.98 Å². The maximum Gasteiger partial charge on any atom is 0.253 e. The van der Waals surface area contributed by atoms with Crippen molar-refractivity contribution in [1.29, 1.82) is 0 Å². The molecule has 4 nitrogen and oxygen atoms in total. The molecule has 0 fully saturated rings. The second-order valence-corrected chi connectivity index (χ2v) is 5.27. The van der Waals surface area contributed by atoms with Crippen molar-refractivity contribution in [2.75, 3.05) is 11.5 Å². The van der Waals surface area contributed by atoms with Gasteiger partial charge in [-0.15, -0.1) is 11.3 Å². The molecule has 0 saturated carbocycles. The van der Waals surface area contributed by atoms with Crippen molar-refractivity contribution >= 4 is 28.9 Å². The van der Waals surface area contributed by atoms with Crippen molar-refractivity contribution < 1.29 is 0 Å². The highest BCUT2D eigenvalue weighted by Crippen LogP contribution is 2.16. The van der Waals surface area contributed by atoms with Crippen LogP contribution in [-0.2, 0) is 6.42 Å². The summed E-state index contributed by atoms with van der Waals surface area (Å²) in [6, 6.07) is 5.41. The van der Waals surface area contributed by atoms with Crippen LogP contribution < -0.4 is 11.3 Å². The first-order valence-corrected chi connectivity index (χ1v) is 6.62. The van der Waals surface area contributed by atoms with Crippen molar-refractivity contribution in [3.8, 4) is 0 Å². The number of nitrogens with zero attached hydrogens (tertiary/aromatic N) is 1. The Morgan fingerprint density at radius 2 is 2.44 bits per heavy atom. The molecule has 16 heavy (non-hydrogen) atoms. The lowest BCUT2D eigenvalue weighted by Crippen LogP contribution is -2.09. The molecule has 0 bridgehead atoms. The van der Waals surface area contributed by atoms with E-state index in [2.05, 4.69) is 21.4 Å². The van der Waals surface area contributed by atoms with Gasteiger partial charge in [0.1, 0.15) is 5.82 Å². The molecule has 2 aromatic heterocycles. The number of nitrogens with two attached hydrogens (primary N) is 1. The summed E-state index contributed by atoms with van der Waals surface area (Å²) in [6.07, 6.45) is 0.973. The summed E-state index contributed by atoms with van der Waals surface area (Å²) in [5, 5.41) is 2.64. The Kier molecular flexibility index (Phi) is 3.63. The first-order valence-electron chi connectivity index (χ1n) is 4.76. The van der Waals surface area contributed by atoms with Crippen molar-refractivity contribution in [2.24, 2.45) is 0 Å². The number of anilines is 1. The van der Waals surface area contributed by atoms with Crippen LogP contribution in [0.15, 0.2) is 33.5 Å². The lowest BCUT2D eigenvalue weighted by atomic mass is 10.4. The normalized spacial score (nSPS) is 10.5. The third kappa shape index (κ3) is 3.11. The van der Waals surface area contributed by atoms with Gasteiger partial charge in [0.05, 0.1) is 0 Å². The van der Waals surface area contributed by atoms with Crippen molar-refractivity contribution in [3.63, 3.8) is 0 Å². The predicted molar refractivity (Wildman–Crippen MR) is 68.0 cm³/mol. The smallest absolute Gasteiger partial charge is 0.253 e. The standard InChI is InChI=1S/C10H11N3OS2/c11-8-6-9(14)13-10(12-8)16-5-3-7-2-1-4-15-7/h1-2,4,6H,3,5H2,(H3,11,12,13,14). The fourth-order valence-electron chi connectivity index (χ4n) is 1.22. The second kappa shape index (κ2) is 5.18. The van der Waals surface area contributed by atoms with Gasteiger partial charge in [0.2, 0.25) is 0 Å². The topological polar surface area (TPSA) is 71.8 Å². The fourth-order valence-corrected chi connectivity index (χ4v) is 2.92. The highest BCUT2D eigenvalue weighted by molar-refractivity contribution is 7.99. The van der Waals surface area contributed by atoms with E-state index in [1.807, 2.05) is 6.07 Å². The molecule has 0 aromatic carbocycles. The molecule has 0 unspecified atom stereocenters. The predicted octanol–water partition coefficient (Wildman–Crippen LogP) is 1.75. The third-order valence-electron chi connectivity index (χ3n) is 1.91. The molecule has 0 aliphatic rings. The SMILES string of the molecule is Nc1cc(=O)[nH]c(SCCc2cccs2)n1. The Bertz CT molecular complexity index is 507. The molecule has 6 heteroatoms. The number of nitrogens with one attached hydrogen (secondary N) is 1. The summed E-state index contributed by atoms with van der Waals surface area (Å²) in [7, 11) is 0. The maximum absolute atomic E-state index is 11.1. The van der Waals surface area contributed by atoms with E-state index in [-0.39, 0.29) is 11.4 Å². The Morgan fingerprint density at radius 1 is 1.56 bits per heavy atom. The minimum atomic E-state index is -0.203. The van der Waals surface area contributed by atoms with Gasteiger partial charge < -0.3 is 10.7 Å². The van der Waals surface area contributed by atoms with Crippen LogP contribution in [-0.4, -0.2) is 15.7 Å². The van der Waals surface area contributed by atoms with Gasteiger partial charge in [-0.1, -0.05) is 17.8 Å². The molecule has 0 saturated heterocycles. The number of thioether (sulfide) groups is 1. The summed E-state index contributed by atoms with van der Waals surface area (Å²) in [6.45, 7) is 0. The number of aryl methyl sites for hydroxylation is 1. The van der Waals surface area contributed by atoms with Crippen molar-refractivity contribution in [2.45, 2.75) is 11.6 Å². The zero-order valence-electron chi connectivity index (χ0n) is 8.47. The van der Waals surface area contributed by atoms with Crippen LogP contribution in [0.3, 0.4) is 0 Å². The Labute approximate surface area is 101 Å². The Balaban J connectivity index is 1.92. The largest absolute Gasteiger partial charge is 0.383 e.